The van der Waals surface area contributed by atoms with E-state index in [1.165, 1.54) is 0 Å². The topological polar surface area (TPSA) is 285 Å². The zero-order valence-electron chi connectivity index (χ0n) is 89.7. The summed E-state index contributed by atoms with van der Waals surface area (Å²) in [5, 5.41) is 7.35. The van der Waals surface area contributed by atoms with Crippen molar-refractivity contribution in [3.63, 3.8) is 0 Å². The molecule has 2 N–H and O–H groups in total. The van der Waals surface area contributed by atoms with Crippen LogP contribution in [0.3, 0.4) is 0 Å². The van der Waals surface area contributed by atoms with Gasteiger partial charge >= 0.3 is 48.1 Å². The third-order valence-electron chi connectivity index (χ3n) is 33.7. The molecule has 0 saturated carbocycles. The molecule has 12 heterocycles. The fourth-order valence-corrected chi connectivity index (χ4v) is 24.1. The van der Waals surface area contributed by atoms with E-state index in [1.54, 1.807) is 0 Å². The molecule has 4 aromatic heterocycles. The second kappa shape index (κ2) is 37.2. The Bertz CT molecular complexity index is 3930. The molecule has 0 unspecified atom stereocenters. The predicted molar refractivity (Wildman–Crippen MR) is 527 cm³/mol. The van der Waals surface area contributed by atoms with Gasteiger partial charge < -0.3 is 58.3 Å². The van der Waals surface area contributed by atoms with Gasteiger partial charge in [0.05, 0.1) is 0 Å². The highest BCUT2D eigenvalue weighted by Gasteiger charge is 2.53. The standard InChI is InChI=1S/C100H178N24O8/c1-85(2)49-65(50-86(3,4)115(85)33)125-77-103-73(104-78(111-77)126-66-51-87(5,6)116(34)88(7,8)52-66)101-43-41-45-123(75-107-81(129-69-57-93(17,18)119(37)94(19,20)58-69)113-82(108-75)130-70-59-95(21,22)120(38)96(23,24)60-70)47-48-124(76-109-83(131-71-61-97(25,26)121(39)98(27,28)62-71)114-84(110-76)132-72-63-99(29,30)122(40)100(31,32)64-72)46-42-44-102-74-105-79(127-67-53-89(9,10)117(35)90(11,12)54-67)112-80(106-74)128-68-55-91(13,14)118(36)92(15,16)56-68/h65-72H,41-64H2,1-40H3,(H,101,103,104,111)(H,102,105,106,112). The molecule has 8 saturated heterocycles. The maximum Gasteiger partial charge on any atom is 0.324 e. The van der Waals surface area contributed by atoms with Crippen molar-refractivity contribution in [1.29, 1.82) is 0 Å². The fourth-order valence-electron chi connectivity index (χ4n) is 24.1. The Balaban J connectivity index is 0.952. The van der Waals surface area contributed by atoms with Gasteiger partial charge in [0, 0.05) is 231 Å². The molecule has 32 heteroatoms. The zero-order chi connectivity index (χ0) is 97.8. The van der Waals surface area contributed by atoms with E-state index in [0.29, 0.717) is 75.9 Å². The summed E-state index contributed by atoms with van der Waals surface area (Å²) in [6.45, 7) is 75.4. The summed E-state index contributed by atoms with van der Waals surface area (Å²) in [5.74, 6) is 1.49. The second-order valence-electron chi connectivity index (χ2n) is 51.0. The van der Waals surface area contributed by atoms with E-state index in [2.05, 4.69) is 338 Å². The molecule has 0 amide bonds. The van der Waals surface area contributed by atoms with Crippen LogP contribution in [0.5, 0.6) is 48.1 Å². The zero-order valence-corrected chi connectivity index (χ0v) is 89.7. The SMILES string of the molecule is CN1C(C)(C)CC(Oc2nc(NCCCN(CCN(CCCNc3nc(OC4CC(C)(C)N(C)C(C)(C)C4)nc(OC4CC(C)(C)N(C)C(C)(C)C4)n3)c3nc(OC4CC(C)(C)N(C)C(C)(C)C4)nc(OC4CC(C)(C)N(C)C(C)(C)C4)n3)c3nc(OC4CC(C)(C)N(C)C(C)(C)C4)nc(OC4CC(C)(C)N(C)C(C)(C)C4)n3)nc(OC3CC(C)(C)N(C)C(C)(C)C3)n2)CC1(C)C. The van der Waals surface area contributed by atoms with Gasteiger partial charge in [0.15, 0.2) is 0 Å². The van der Waals surface area contributed by atoms with Crippen LogP contribution in [0, 0.1) is 0 Å². The number of hydrogen-bond donors (Lipinski definition) is 2. The lowest BCUT2D eigenvalue weighted by atomic mass is 9.79. The fraction of sp³-hybridized carbons (Fsp3) is 0.880. The number of piperidine rings is 8. The van der Waals surface area contributed by atoms with E-state index in [1.807, 2.05) is 0 Å². The van der Waals surface area contributed by atoms with Crippen LogP contribution in [-0.2, 0) is 0 Å². The van der Waals surface area contributed by atoms with Crippen LogP contribution in [0.4, 0.5) is 23.8 Å². The van der Waals surface area contributed by atoms with Crippen LogP contribution in [0.15, 0.2) is 0 Å². The van der Waals surface area contributed by atoms with Crippen molar-refractivity contribution in [2.75, 3.05) is 116 Å². The van der Waals surface area contributed by atoms with Gasteiger partial charge in [-0.15, -0.1) is 19.9 Å². The van der Waals surface area contributed by atoms with E-state index >= 15 is 0 Å². The molecule has 4 aromatic rings. The molecule has 0 atom stereocenters. The minimum absolute atomic E-state index is 0.156. The van der Waals surface area contributed by atoms with Crippen molar-refractivity contribution >= 4 is 23.8 Å². The summed E-state index contributed by atoms with van der Waals surface area (Å²) in [5.41, 5.74) is -2.92. The third kappa shape index (κ3) is 24.2. The van der Waals surface area contributed by atoms with Crippen molar-refractivity contribution < 1.29 is 37.9 Å². The number of likely N-dealkylation sites (tertiary alicyclic amines) is 8. The van der Waals surface area contributed by atoms with Gasteiger partial charge in [0.25, 0.3) is 0 Å². The molecule has 32 nitrogen and oxygen atoms in total. The number of hydrogen-bond acceptors (Lipinski definition) is 32. The Morgan fingerprint density at radius 3 is 0.470 bits per heavy atom. The lowest BCUT2D eigenvalue weighted by molar-refractivity contribution is -0.0617. The largest absolute Gasteiger partial charge is 0.460 e. The lowest BCUT2D eigenvalue weighted by Gasteiger charge is -2.53. The third-order valence-corrected chi connectivity index (χ3v) is 33.7. The highest BCUT2D eigenvalue weighted by atomic mass is 16.5. The summed E-state index contributed by atoms with van der Waals surface area (Å²) in [6.07, 6.45) is 11.6. The second-order valence-corrected chi connectivity index (χ2v) is 51.0. The summed E-state index contributed by atoms with van der Waals surface area (Å²) in [4.78, 5) is 86.6. The first-order valence-corrected chi connectivity index (χ1v) is 49.6. The van der Waals surface area contributed by atoms with Crippen molar-refractivity contribution in [3.05, 3.63) is 0 Å². The van der Waals surface area contributed by atoms with Gasteiger partial charge in [-0.25, -0.2) is 0 Å². The molecule has 0 radical (unpaired) electrons. The van der Waals surface area contributed by atoms with Gasteiger partial charge in [-0.05, 0) is 291 Å². The molecular formula is C100H178N24O8. The smallest absolute Gasteiger partial charge is 0.324 e. The van der Waals surface area contributed by atoms with Gasteiger partial charge in [0.1, 0.15) is 48.8 Å². The van der Waals surface area contributed by atoms with Crippen molar-refractivity contribution in [2.24, 2.45) is 0 Å². The minimum atomic E-state index is -0.237. The molecule has 746 valence electrons. The number of nitrogens with zero attached hydrogens (tertiary/aromatic N) is 22. The Hall–Kier alpha value is -6.68. The summed E-state index contributed by atoms with van der Waals surface area (Å²) >= 11 is 0. The van der Waals surface area contributed by atoms with Crippen LogP contribution in [0.2, 0.25) is 0 Å². The van der Waals surface area contributed by atoms with Crippen molar-refractivity contribution in [1.82, 2.24) is 99.0 Å². The molecule has 8 aliphatic heterocycles. The molecule has 132 heavy (non-hydrogen) atoms. The van der Waals surface area contributed by atoms with E-state index in [-0.39, 0.29) is 186 Å². The van der Waals surface area contributed by atoms with Gasteiger partial charge in [-0.3, -0.25) is 39.2 Å². The van der Waals surface area contributed by atoms with Crippen LogP contribution >= 0.6 is 0 Å². The normalized spacial score (nSPS) is 26.0. The number of rotatable bonds is 31. The Kier molecular flexibility index (Phi) is 29.4. The van der Waals surface area contributed by atoms with Crippen molar-refractivity contribution in [2.45, 2.75) is 475 Å². The summed E-state index contributed by atoms with van der Waals surface area (Å²) in [7, 11) is 17.7. The maximum atomic E-state index is 7.23. The first-order valence-electron chi connectivity index (χ1n) is 49.6. The van der Waals surface area contributed by atoms with Crippen LogP contribution < -0.4 is 58.3 Å². The molecule has 0 bridgehead atoms. The Labute approximate surface area is 795 Å². The Morgan fingerprint density at radius 1 is 0.205 bits per heavy atom. The first kappa shape index (κ1) is 104. The first-order chi connectivity index (χ1) is 60.4. The highest BCUT2D eigenvalue weighted by Crippen LogP contribution is 2.48. The number of ether oxygens (including phenoxy) is 8. The number of nitrogens with one attached hydrogen (secondary N) is 2. The van der Waals surface area contributed by atoms with Gasteiger partial charge in [0.2, 0.25) is 23.8 Å². The summed E-state index contributed by atoms with van der Waals surface area (Å²) < 4.78 is 56.8. The van der Waals surface area contributed by atoms with E-state index in [9.17, 15) is 0 Å². The monoisotopic (exact) mass is 1840 g/mol. The van der Waals surface area contributed by atoms with E-state index in [4.69, 9.17) is 97.7 Å². The minimum Gasteiger partial charge on any atom is -0.460 e. The maximum absolute atomic E-state index is 7.23. The summed E-state index contributed by atoms with van der Waals surface area (Å²) in [6, 6.07) is 1.70. The highest BCUT2D eigenvalue weighted by molar-refractivity contribution is 5.38. The molecule has 0 aromatic carbocycles. The molecule has 8 fully saturated rings. The van der Waals surface area contributed by atoms with E-state index in [0.717, 1.165) is 103 Å². The number of aromatic nitrogens is 12. The molecular weight excluding hydrogens is 1670 g/mol. The predicted octanol–water partition coefficient (Wildman–Crippen LogP) is 16.0. The van der Waals surface area contributed by atoms with Crippen LogP contribution in [0.1, 0.15) is 337 Å². The lowest BCUT2D eigenvalue weighted by Crippen LogP contribution is -2.60. The molecule has 12 rings (SSSR count). The molecule has 8 aliphatic rings. The van der Waals surface area contributed by atoms with Crippen LogP contribution in [0.25, 0.3) is 0 Å². The van der Waals surface area contributed by atoms with Gasteiger partial charge in [-0.2, -0.15) is 39.9 Å². The van der Waals surface area contributed by atoms with Crippen LogP contribution in [-0.4, -0.2) is 332 Å². The van der Waals surface area contributed by atoms with E-state index < -0.39 is 0 Å². The van der Waals surface area contributed by atoms with Gasteiger partial charge in [-0.1, -0.05) is 0 Å². The molecule has 0 spiro atoms. The average molecular weight is 1840 g/mol. The quantitative estimate of drug-likeness (QED) is 0.0443. The number of anilines is 4. The Morgan fingerprint density at radius 2 is 0.333 bits per heavy atom. The average Bonchev–Trinajstić information content (AvgIpc) is 0.764. The molecule has 0 aliphatic carbocycles. The van der Waals surface area contributed by atoms with Crippen molar-refractivity contribution in [3.8, 4) is 48.1 Å².